The van der Waals surface area contributed by atoms with Gasteiger partial charge in [-0.05, 0) is 38.4 Å². The number of phenolic OH excluding ortho intramolecular Hbond substituents is 1. The number of fused-ring (bicyclic) bond motifs is 9. The number of phenols is 1. The van der Waals surface area contributed by atoms with E-state index in [4.69, 9.17) is 34.2 Å². The highest BCUT2D eigenvalue weighted by Gasteiger charge is 2.60. The Hall–Kier alpha value is -3.41. The van der Waals surface area contributed by atoms with Crippen molar-refractivity contribution in [3.8, 4) is 34.8 Å². The third kappa shape index (κ3) is 4.01. The first kappa shape index (κ1) is 29.3. The Balaban J connectivity index is 1.53. The average molecular weight is 625 g/mol. The molecular formula is C31H36N4O8S. The lowest BCUT2D eigenvalue weighted by Gasteiger charge is -2.61. The number of nitriles is 1. The second-order valence-corrected chi connectivity index (χ2v) is 13.1. The van der Waals surface area contributed by atoms with Gasteiger partial charge in [0.25, 0.3) is 0 Å². The zero-order valence-electron chi connectivity index (χ0n) is 25.3. The minimum atomic E-state index is -0.851. The fraction of sp³-hybridized carbons (Fsp3) is 0.548. The zero-order chi connectivity index (χ0) is 31.0. The molecule has 234 valence electrons. The maximum atomic E-state index is 12.9. The predicted molar refractivity (Wildman–Crippen MR) is 159 cm³/mol. The number of aryl methyl sites for hydroxylation is 1. The molecule has 5 aliphatic rings. The number of hydrogen-bond acceptors (Lipinski definition) is 13. The lowest BCUT2D eigenvalue weighted by atomic mass is 9.71. The fourth-order valence-corrected chi connectivity index (χ4v) is 9.40. The summed E-state index contributed by atoms with van der Waals surface area (Å²) in [6, 6.07) is 1.87. The lowest BCUT2D eigenvalue weighted by molar-refractivity contribution is -0.150. The topological polar surface area (TPSA) is 149 Å². The van der Waals surface area contributed by atoms with Crippen LogP contribution in [0.25, 0.3) is 0 Å². The quantitative estimate of drug-likeness (QED) is 0.380. The van der Waals surface area contributed by atoms with Gasteiger partial charge in [0.2, 0.25) is 6.79 Å². The Morgan fingerprint density at radius 3 is 2.66 bits per heavy atom. The number of likely N-dealkylation sites (N-methyl/N-ethyl adjacent to an activating group) is 1. The van der Waals surface area contributed by atoms with E-state index in [-0.39, 0.29) is 49.8 Å². The molecule has 0 amide bonds. The molecule has 4 bridgehead atoms. The van der Waals surface area contributed by atoms with Crippen LogP contribution in [0, 0.1) is 25.2 Å². The smallest absolute Gasteiger partial charge is 0.323 e. The van der Waals surface area contributed by atoms with Gasteiger partial charge in [-0.2, -0.15) is 5.26 Å². The standard InChI is InChI=1S/C31H36N4O8S/c1-13-6-15-7-17-18(8-32)35-19-9-40-31(37)16(33)10-44-30(22-21(19)29-27(42-12-43-29)14(2)25(22)36)24(35)23(34(17)3)20(15)28(26(13)39-5)41-11-38-4/h6,16-19,23-24,30,36H,7,9-12,33H2,1-5H3/t16-,17-,18-,19-,23+,24?,30+/m0/s1. The Morgan fingerprint density at radius 1 is 1.16 bits per heavy atom. The summed E-state index contributed by atoms with van der Waals surface area (Å²) in [6.45, 7) is 3.76. The maximum Gasteiger partial charge on any atom is 0.323 e. The highest BCUT2D eigenvalue weighted by Crippen LogP contribution is 2.63. The van der Waals surface area contributed by atoms with Crippen molar-refractivity contribution in [3.05, 3.63) is 39.4 Å². The molecule has 7 atom stereocenters. The number of carbonyl (C=O) groups is 1. The number of benzene rings is 2. The van der Waals surface area contributed by atoms with Gasteiger partial charge < -0.3 is 39.3 Å². The van der Waals surface area contributed by atoms with Gasteiger partial charge in [0.15, 0.2) is 29.8 Å². The Bertz CT molecular complexity index is 1580. The number of ether oxygens (including phenoxy) is 6. The zero-order valence-corrected chi connectivity index (χ0v) is 26.1. The summed E-state index contributed by atoms with van der Waals surface area (Å²) >= 11 is 1.48. The van der Waals surface area contributed by atoms with Crippen LogP contribution in [0.1, 0.15) is 50.7 Å². The van der Waals surface area contributed by atoms with Crippen molar-refractivity contribution in [1.29, 1.82) is 5.26 Å². The van der Waals surface area contributed by atoms with Crippen molar-refractivity contribution in [2.24, 2.45) is 5.73 Å². The first-order valence-corrected chi connectivity index (χ1v) is 15.7. The number of cyclic esters (lactones) is 1. The Morgan fingerprint density at radius 2 is 1.93 bits per heavy atom. The van der Waals surface area contributed by atoms with Crippen LogP contribution >= 0.6 is 11.8 Å². The molecule has 2 fully saturated rings. The van der Waals surface area contributed by atoms with Gasteiger partial charge in [-0.3, -0.25) is 14.6 Å². The van der Waals surface area contributed by atoms with Crippen LogP contribution < -0.4 is 24.7 Å². The third-order valence-electron chi connectivity index (χ3n) is 9.77. The van der Waals surface area contributed by atoms with Gasteiger partial charge in [-0.25, -0.2) is 0 Å². The molecule has 2 aromatic carbocycles. The molecule has 5 aliphatic heterocycles. The largest absolute Gasteiger partial charge is 0.507 e. The van der Waals surface area contributed by atoms with Gasteiger partial charge in [0.1, 0.15) is 24.4 Å². The molecular weight excluding hydrogens is 588 g/mol. The molecule has 0 aliphatic carbocycles. The van der Waals surface area contributed by atoms with Crippen molar-refractivity contribution in [2.45, 2.75) is 61.8 Å². The first-order chi connectivity index (χ1) is 21.2. The first-order valence-electron chi connectivity index (χ1n) is 14.6. The number of nitrogens with zero attached hydrogens (tertiary/aromatic N) is 3. The van der Waals surface area contributed by atoms with Gasteiger partial charge >= 0.3 is 5.97 Å². The number of esters is 1. The molecule has 2 aromatic rings. The molecule has 12 nitrogen and oxygen atoms in total. The van der Waals surface area contributed by atoms with Gasteiger partial charge in [0.05, 0.1) is 30.5 Å². The number of thioether (sulfide) groups is 1. The van der Waals surface area contributed by atoms with E-state index in [1.54, 1.807) is 14.2 Å². The number of aromatic hydroxyl groups is 1. The van der Waals surface area contributed by atoms with Crippen LogP contribution in [0.4, 0.5) is 0 Å². The molecule has 1 unspecified atom stereocenters. The van der Waals surface area contributed by atoms with Crippen LogP contribution in [-0.2, 0) is 20.7 Å². The molecule has 0 spiro atoms. The second kappa shape index (κ2) is 10.9. The number of piperazine rings is 1. The molecule has 13 heteroatoms. The fourth-order valence-electron chi connectivity index (χ4n) is 7.96. The van der Waals surface area contributed by atoms with E-state index in [0.717, 1.165) is 16.7 Å². The van der Waals surface area contributed by atoms with Crippen LogP contribution in [0.5, 0.6) is 28.7 Å². The summed E-state index contributed by atoms with van der Waals surface area (Å²) in [5, 5.41) is 22.3. The molecule has 0 radical (unpaired) electrons. The highest BCUT2D eigenvalue weighted by atomic mass is 32.2. The van der Waals surface area contributed by atoms with Crippen molar-refractivity contribution in [2.75, 3.05) is 47.2 Å². The van der Waals surface area contributed by atoms with Gasteiger partial charge in [0, 0.05) is 47.2 Å². The van der Waals surface area contributed by atoms with Crippen molar-refractivity contribution in [3.63, 3.8) is 0 Å². The summed E-state index contributed by atoms with van der Waals surface area (Å²) in [5.74, 6) is 2.07. The van der Waals surface area contributed by atoms with Crippen LogP contribution in [0.2, 0.25) is 0 Å². The average Bonchev–Trinajstić information content (AvgIpc) is 3.50. The number of nitrogens with two attached hydrogens (primary N) is 1. The van der Waals surface area contributed by atoms with Crippen molar-refractivity contribution < 1.29 is 38.3 Å². The predicted octanol–water partition coefficient (Wildman–Crippen LogP) is 2.62. The lowest BCUT2D eigenvalue weighted by Crippen LogP contribution is -2.69. The summed E-state index contributed by atoms with van der Waals surface area (Å²) < 4.78 is 35.2. The van der Waals surface area contributed by atoms with Gasteiger partial charge in [-0.15, -0.1) is 11.8 Å². The van der Waals surface area contributed by atoms with Crippen LogP contribution in [0.3, 0.4) is 0 Å². The molecule has 2 saturated heterocycles. The van der Waals surface area contributed by atoms with Crippen LogP contribution in [-0.4, -0.2) is 92.3 Å². The molecule has 0 aromatic heterocycles. The minimum Gasteiger partial charge on any atom is -0.507 e. The highest BCUT2D eigenvalue weighted by molar-refractivity contribution is 7.99. The summed E-state index contributed by atoms with van der Waals surface area (Å²) in [5.41, 5.74) is 11.2. The molecule has 3 N–H and O–H groups in total. The third-order valence-corrected chi connectivity index (χ3v) is 11.2. The van der Waals surface area contributed by atoms with E-state index < -0.39 is 29.3 Å². The normalized spacial score (nSPS) is 30.5. The number of methoxy groups -OCH3 is 2. The van der Waals surface area contributed by atoms with E-state index in [1.165, 1.54) is 11.8 Å². The molecule has 5 heterocycles. The van der Waals surface area contributed by atoms with E-state index in [2.05, 4.69) is 21.9 Å². The van der Waals surface area contributed by atoms with Crippen LogP contribution in [0.15, 0.2) is 6.07 Å². The summed E-state index contributed by atoms with van der Waals surface area (Å²) in [7, 11) is 5.24. The summed E-state index contributed by atoms with van der Waals surface area (Å²) in [4.78, 5) is 17.4. The second-order valence-electron chi connectivity index (χ2n) is 11.9. The van der Waals surface area contributed by atoms with E-state index in [0.29, 0.717) is 46.1 Å². The Kier molecular flexibility index (Phi) is 7.25. The summed E-state index contributed by atoms with van der Waals surface area (Å²) in [6.07, 6.45) is 0.594. The number of hydrogen-bond donors (Lipinski definition) is 2. The SMILES string of the molecule is COCOc1c(OC)c(C)cc2c1[C@@H]1C3[C@@H]4SC[C@H](N)C(=O)OC[C@@H](c5c6c(c(C)c(O)c54)OCO6)N3[C@@H](C#N)[C@H](C2)N1C. The monoisotopic (exact) mass is 624 g/mol. The molecule has 44 heavy (non-hydrogen) atoms. The number of rotatable bonds is 4. The molecule has 7 rings (SSSR count). The maximum absolute atomic E-state index is 12.9. The van der Waals surface area contributed by atoms with Crippen molar-refractivity contribution >= 4 is 17.7 Å². The van der Waals surface area contributed by atoms with E-state index in [9.17, 15) is 15.2 Å². The van der Waals surface area contributed by atoms with Gasteiger partial charge in [-0.1, -0.05) is 6.07 Å². The molecule has 0 saturated carbocycles. The van der Waals surface area contributed by atoms with Crippen molar-refractivity contribution in [1.82, 2.24) is 9.80 Å². The minimum absolute atomic E-state index is 0.00702. The Labute approximate surface area is 259 Å². The van der Waals surface area contributed by atoms with E-state index in [1.807, 2.05) is 20.9 Å². The number of carbonyl (C=O) groups excluding carboxylic acids is 1. The van der Waals surface area contributed by atoms with E-state index >= 15 is 0 Å².